The SMILES string of the molecule is CCCCCCC/C=C\C/C=C\CCCCCCCCCCCC(=O)NC(COC1OC(CO)C(OC2OC(CO)C(O)C(O)C2O)C(O)C1O)C(O)/C=C/CCCCCCCCCCCCCCCCCCCC. The smallest absolute Gasteiger partial charge is 0.220 e. The summed E-state index contributed by atoms with van der Waals surface area (Å²) in [6.45, 7) is 2.81. The zero-order valence-electron chi connectivity index (χ0n) is 47.3. The maximum Gasteiger partial charge on any atom is 0.220 e. The van der Waals surface area contributed by atoms with Crippen molar-refractivity contribution in [3.63, 3.8) is 0 Å². The number of hydrogen-bond acceptors (Lipinski definition) is 13. The fourth-order valence-electron chi connectivity index (χ4n) is 10.1. The molecule has 2 saturated heterocycles. The number of amides is 1. The van der Waals surface area contributed by atoms with Crippen molar-refractivity contribution in [1.29, 1.82) is 0 Å². The first-order valence-electron chi connectivity index (χ1n) is 30.7. The van der Waals surface area contributed by atoms with Gasteiger partial charge in [0.1, 0.15) is 48.8 Å². The van der Waals surface area contributed by atoms with Gasteiger partial charge in [0.25, 0.3) is 0 Å². The molecule has 12 atom stereocenters. The van der Waals surface area contributed by atoms with Crippen molar-refractivity contribution in [3.8, 4) is 0 Å². The Labute approximate surface area is 455 Å². The van der Waals surface area contributed by atoms with E-state index < -0.39 is 86.8 Å². The number of carbonyl (C=O) groups excluding carboxylic acids is 1. The zero-order chi connectivity index (χ0) is 54.6. The molecule has 0 aliphatic carbocycles. The Morgan fingerprint density at radius 1 is 0.480 bits per heavy atom. The molecule has 12 unspecified atom stereocenters. The van der Waals surface area contributed by atoms with Gasteiger partial charge in [-0.05, 0) is 51.4 Å². The molecule has 440 valence electrons. The van der Waals surface area contributed by atoms with Crippen LogP contribution in [0.1, 0.15) is 251 Å². The number of aliphatic hydroxyl groups excluding tert-OH is 8. The molecule has 2 aliphatic rings. The van der Waals surface area contributed by atoms with Crippen molar-refractivity contribution in [3.05, 3.63) is 36.5 Å². The Morgan fingerprint density at radius 2 is 0.880 bits per heavy atom. The lowest BCUT2D eigenvalue weighted by Gasteiger charge is -2.46. The number of rotatable bonds is 49. The first kappa shape index (κ1) is 69.3. The van der Waals surface area contributed by atoms with Gasteiger partial charge in [-0.3, -0.25) is 4.79 Å². The largest absolute Gasteiger partial charge is 0.394 e. The molecule has 2 aliphatic heterocycles. The van der Waals surface area contributed by atoms with E-state index in [9.17, 15) is 45.6 Å². The summed E-state index contributed by atoms with van der Waals surface area (Å²) < 4.78 is 22.8. The molecule has 14 nitrogen and oxygen atoms in total. The summed E-state index contributed by atoms with van der Waals surface area (Å²) in [6.07, 6.45) is 40.3. The second kappa shape index (κ2) is 47.1. The summed E-state index contributed by atoms with van der Waals surface area (Å²) in [6, 6.07) is -0.917. The molecule has 14 heteroatoms. The van der Waals surface area contributed by atoms with Crippen molar-refractivity contribution < 1.29 is 64.6 Å². The van der Waals surface area contributed by atoms with Crippen molar-refractivity contribution in [2.45, 2.75) is 325 Å². The fraction of sp³-hybridized carbons (Fsp3) is 0.885. The molecule has 0 aromatic carbocycles. The minimum absolute atomic E-state index is 0.242. The molecule has 2 rings (SSSR count). The molecule has 1 amide bonds. The standard InChI is InChI=1S/C61H113NO13/c1-3-5-7-9-11-13-15-17-19-21-23-25-27-29-31-33-35-37-39-41-43-45-53(66)62-49(50(65)44-42-40-38-36-34-32-30-28-26-24-22-20-18-16-14-12-10-8-6-4-2)48-72-60-58(71)56(69)59(52(47-64)74-60)75-61-57(70)55(68)54(67)51(46-63)73-61/h15,17,21,23,42,44,49-52,54-61,63-65,67-71H,3-14,16,18-20,22,24-41,43,45-48H2,1-2H3,(H,62,66)/b17-15-,23-21-,44-42+. The highest BCUT2D eigenvalue weighted by Crippen LogP contribution is 2.30. The highest BCUT2D eigenvalue weighted by Gasteiger charge is 2.51. The third-order valence-electron chi connectivity index (χ3n) is 15.1. The third kappa shape index (κ3) is 32.8. The van der Waals surface area contributed by atoms with E-state index in [2.05, 4.69) is 43.5 Å². The van der Waals surface area contributed by atoms with Gasteiger partial charge in [0.2, 0.25) is 5.91 Å². The average Bonchev–Trinajstić information content (AvgIpc) is 3.41. The summed E-state index contributed by atoms with van der Waals surface area (Å²) in [5.41, 5.74) is 0. The van der Waals surface area contributed by atoms with Crippen LogP contribution >= 0.6 is 0 Å². The van der Waals surface area contributed by atoms with Crippen molar-refractivity contribution in [2.75, 3.05) is 19.8 Å². The molecule has 0 aromatic heterocycles. The number of ether oxygens (including phenoxy) is 4. The van der Waals surface area contributed by atoms with Gasteiger partial charge in [-0.1, -0.05) is 230 Å². The van der Waals surface area contributed by atoms with E-state index >= 15 is 0 Å². The molecule has 0 spiro atoms. The summed E-state index contributed by atoms with van der Waals surface area (Å²) in [4.78, 5) is 13.3. The fourth-order valence-corrected chi connectivity index (χ4v) is 10.1. The van der Waals surface area contributed by atoms with Crippen LogP contribution in [0.5, 0.6) is 0 Å². The normalized spacial score (nSPS) is 25.3. The predicted molar refractivity (Wildman–Crippen MR) is 300 cm³/mol. The lowest BCUT2D eigenvalue weighted by atomic mass is 9.97. The number of allylic oxidation sites excluding steroid dienone is 5. The lowest BCUT2D eigenvalue weighted by Crippen LogP contribution is -2.65. The molecular weight excluding hydrogens is 955 g/mol. The van der Waals surface area contributed by atoms with Crippen LogP contribution in [0.3, 0.4) is 0 Å². The molecular formula is C61H113NO13. The zero-order valence-corrected chi connectivity index (χ0v) is 47.3. The van der Waals surface area contributed by atoms with E-state index in [0.29, 0.717) is 6.42 Å². The van der Waals surface area contributed by atoms with E-state index in [1.165, 1.54) is 173 Å². The summed E-state index contributed by atoms with van der Waals surface area (Å²) in [5.74, 6) is -0.242. The lowest BCUT2D eigenvalue weighted by molar-refractivity contribution is -0.359. The number of carbonyl (C=O) groups is 1. The van der Waals surface area contributed by atoms with E-state index in [4.69, 9.17) is 18.9 Å². The summed E-state index contributed by atoms with van der Waals surface area (Å²) >= 11 is 0. The van der Waals surface area contributed by atoms with Crippen LogP contribution in [0, 0.1) is 0 Å². The van der Waals surface area contributed by atoms with Gasteiger partial charge >= 0.3 is 0 Å². The third-order valence-corrected chi connectivity index (χ3v) is 15.1. The molecule has 0 bridgehead atoms. The second-order valence-electron chi connectivity index (χ2n) is 21.8. The number of aliphatic hydroxyl groups is 8. The first-order chi connectivity index (χ1) is 36.6. The van der Waals surface area contributed by atoms with Crippen LogP contribution < -0.4 is 5.32 Å². The van der Waals surface area contributed by atoms with Crippen LogP contribution in [-0.4, -0.2) is 140 Å². The number of unbranched alkanes of at least 4 members (excludes halogenated alkanes) is 32. The summed E-state index contributed by atoms with van der Waals surface area (Å²) in [7, 11) is 0. The monoisotopic (exact) mass is 1070 g/mol. The topological polar surface area (TPSA) is 228 Å². The van der Waals surface area contributed by atoms with Gasteiger partial charge in [-0.15, -0.1) is 0 Å². The Kier molecular flexibility index (Phi) is 43.5. The maximum absolute atomic E-state index is 13.3. The van der Waals surface area contributed by atoms with Crippen molar-refractivity contribution in [2.24, 2.45) is 0 Å². The highest BCUT2D eigenvalue weighted by molar-refractivity contribution is 5.76. The van der Waals surface area contributed by atoms with Crippen molar-refractivity contribution in [1.82, 2.24) is 5.32 Å². The molecule has 0 aromatic rings. The molecule has 2 fully saturated rings. The van der Waals surface area contributed by atoms with E-state index in [1.54, 1.807) is 6.08 Å². The van der Waals surface area contributed by atoms with Gasteiger partial charge in [-0.2, -0.15) is 0 Å². The summed E-state index contributed by atoms with van der Waals surface area (Å²) in [5, 5.41) is 87.2. The predicted octanol–water partition coefficient (Wildman–Crippen LogP) is 10.6. The first-order valence-corrected chi connectivity index (χ1v) is 30.7. The minimum atomic E-state index is -1.79. The molecule has 9 N–H and O–H groups in total. The molecule has 0 radical (unpaired) electrons. The molecule has 75 heavy (non-hydrogen) atoms. The molecule has 0 saturated carbocycles. The Bertz CT molecular complexity index is 1400. The van der Waals surface area contributed by atoms with Crippen molar-refractivity contribution >= 4 is 5.91 Å². The molecule has 2 heterocycles. The van der Waals surface area contributed by atoms with Gasteiger partial charge in [0.05, 0.1) is 32.0 Å². The maximum atomic E-state index is 13.3. The number of hydrogen-bond donors (Lipinski definition) is 9. The van der Waals surface area contributed by atoms with Gasteiger partial charge in [0, 0.05) is 6.42 Å². The second-order valence-corrected chi connectivity index (χ2v) is 21.8. The van der Waals surface area contributed by atoms with E-state index in [1.807, 2.05) is 6.08 Å². The van der Waals surface area contributed by atoms with Gasteiger partial charge in [-0.25, -0.2) is 0 Å². The van der Waals surface area contributed by atoms with Gasteiger partial charge < -0.3 is 65.1 Å². The van der Waals surface area contributed by atoms with Crippen LogP contribution in [0.2, 0.25) is 0 Å². The van der Waals surface area contributed by atoms with Crippen LogP contribution in [-0.2, 0) is 23.7 Å². The van der Waals surface area contributed by atoms with Gasteiger partial charge in [0.15, 0.2) is 12.6 Å². The van der Waals surface area contributed by atoms with Crippen LogP contribution in [0.15, 0.2) is 36.5 Å². The van der Waals surface area contributed by atoms with E-state index in [0.717, 1.165) is 51.4 Å². The van der Waals surface area contributed by atoms with E-state index in [-0.39, 0.29) is 18.9 Å². The minimum Gasteiger partial charge on any atom is -0.394 e. The Balaban J connectivity index is 1.76. The Morgan fingerprint density at radius 3 is 1.33 bits per heavy atom. The Hall–Kier alpha value is -1.79. The quantitative estimate of drug-likeness (QED) is 0.0204. The van der Waals surface area contributed by atoms with Crippen LogP contribution in [0.4, 0.5) is 0 Å². The number of nitrogens with one attached hydrogen (secondary N) is 1. The van der Waals surface area contributed by atoms with Crippen LogP contribution in [0.25, 0.3) is 0 Å². The highest BCUT2D eigenvalue weighted by atomic mass is 16.7. The average molecular weight is 1070 g/mol.